The molecule has 1 aromatic heterocycles. The molecule has 2 amide bonds. The second kappa shape index (κ2) is 9.80. The minimum Gasteiger partial charge on any atom is -0.381 e. The molecule has 0 spiro atoms. The molecule has 0 bridgehead atoms. The highest BCUT2D eigenvalue weighted by Crippen LogP contribution is 2.24. The van der Waals surface area contributed by atoms with Crippen LogP contribution in [-0.4, -0.2) is 78.7 Å². The number of carbonyl (C=O) groups excluding carboxylic acids is 2. The predicted molar refractivity (Wildman–Crippen MR) is 100 cm³/mol. The first-order valence-electron chi connectivity index (χ1n) is 9.73. The van der Waals surface area contributed by atoms with Crippen molar-refractivity contribution in [3.63, 3.8) is 0 Å². The van der Waals surface area contributed by atoms with Crippen LogP contribution in [0.25, 0.3) is 0 Å². The summed E-state index contributed by atoms with van der Waals surface area (Å²) >= 11 is 0. The highest BCUT2D eigenvalue weighted by atomic mass is 16.5. The predicted octanol–water partition coefficient (Wildman–Crippen LogP) is 1.27. The maximum atomic E-state index is 12.8. The number of rotatable bonds is 6. The zero-order chi connectivity index (χ0) is 19.1. The van der Waals surface area contributed by atoms with Crippen molar-refractivity contribution in [2.45, 2.75) is 44.2 Å². The Morgan fingerprint density at radius 3 is 2.81 bits per heavy atom. The summed E-state index contributed by atoms with van der Waals surface area (Å²) in [5.41, 5.74) is 0.918. The number of methoxy groups -OCH3 is 1. The molecule has 3 rings (SSSR count). The van der Waals surface area contributed by atoms with E-state index in [0.717, 1.165) is 37.8 Å². The molecular weight excluding hydrogens is 346 g/mol. The third-order valence-electron chi connectivity index (χ3n) is 5.36. The van der Waals surface area contributed by atoms with E-state index in [2.05, 4.69) is 4.98 Å². The van der Waals surface area contributed by atoms with Crippen molar-refractivity contribution in [1.82, 2.24) is 14.8 Å². The van der Waals surface area contributed by atoms with Gasteiger partial charge in [-0.2, -0.15) is 0 Å². The van der Waals surface area contributed by atoms with Gasteiger partial charge >= 0.3 is 0 Å². The third-order valence-corrected chi connectivity index (χ3v) is 5.36. The molecule has 0 aromatic carbocycles. The molecule has 0 N–H and O–H groups in total. The summed E-state index contributed by atoms with van der Waals surface area (Å²) in [7, 11) is 1.55. The quantitative estimate of drug-likeness (QED) is 0.749. The average Bonchev–Trinajstić information content (AvgIpc) is 2.70. The van der Waals surface area contributed by atoms with Crippen molar-refractivity contribution >= 4 is 11.8 Å². The van der Waals surface area contributed by atoms with Gasteiger partial charge in [0.15, 0.2) is 0 Å². The maximum Gasteiger partial charge on any atom is 0.249 e. The van der Waals surface area contributed by atoms with Gasteiger partial charge in [0.1, 0.15) is 6.61 Å². The van der Waals surface area contributed by atoms with Gasteiger partial charge in [0, 0.05) is 57.9 Å². The van der Waals surface area contributed by atoms with Crippen LogP contribution < -0.4 is 0 Å². The van der Waals surface area contributed by atoms with Gasteiger partial charge in [-0.15, -0.1) is 0 Å². The van der Waals surface area contributed by atoms with Gasteiger partial charge in [-0.25, -0.2) is 0 Å². The number of hydrogen-bond acceptors (Lipinski definition) is 5. The van der Waals surface area contributed by atoms with Crippen LogP contribution in [0, 0.1) is 0 Å². The maximum absolute atomic E-state index is 12.8. The zero-order valence-corrected chi connectivity index (χ0v) is 16.0. The van der Waals surface area contributed by atoms with Crippen molar-refractivity contribution in [2.75, 3.05) is 40.0 Å². The van der Waals surface area contributed by atoms with Gasteiger partial charge < -0.3 is 19.3 Å². The van der Waals surface area contributed by atoms with Crippen molar-refractivity contribution < 1.29 is 19.1 Å². The van der Waals surface area contributed by atoms with Gasteiger partial charge in [-0.05, 0) is 37.3 Å². The van der Waals surface area contributed by atoms with Crippen molar-refractivity contribution in [3.8, 4) is 0 Å². The van der Waals surface area contributed by atoms with Gasteiger partial charge in [-0.3, -0.25) is 14.6 Å². The SMILES string of the molecule is COCC(=O)N(C1CCOCC1)C1CCCN(C(=O)Cc2cccnc2)C1. The Bertz CT molecular complexity index is 619. The van der Waals surface area contributed by atoms with E-state index in [4.69, 9.17) is 9.47 Å². The van der Waals surface area contributed by atoms with Gasteiger partial charge in [0.2, 0.25) is 11.8 Å². The number of likely N-dealkylation sites (tertiary alicyclic amines) is 1. The summed E-state index contributed by atoms with van der Waals surface area (Å²) in [5, 5.41) is 0. The fourth-order valence-corrected chi connectivity index (χ4v) is 4.06. The molecule has 2 saturated heterocycles. The number of pyridine rings is 1. The summed E-state index contributed by atoms with van der Waals surface area (Å²) < 4.78 is 10.6. The Morgan fingerprint density at radius 2 is 2.11 bits per heavy atom. The van der Waals surface area contributed by atoms with Gasteiger partial charge in [0.05, 0.1) is 6.42 Å². The molecule has 0 aliphatic carbocycles. The summed E-state index contributed by atoms with van der Waals surface area (Å²) in [5.74, 6) is 0.106. The van der Waals surface area contributed by atoms with Crippen molar-refractivity contribution in [3.05, 3.63) is 30.1 Å². The molecule has 1 aromatic rings. The van der Waals surface area contributed by atoms with Crippen LogP contribution in [0.1, 0.15) is 31.2 Å². The monoisotopic (exact) mass is 375 g/mol. The minimum atomic E-state index is 0.0101. The molecular formula is C20H29N3O4. The fourth-order valence-electron chi connectivity index (χ4n) is 4.06. The fraction of sp³-hybridized carbons (Fsp3) is 0.650. The summed E-state index contributed by atoms with van der Waals surface area (Å²) in [4.78, 5) is 33.5. The van der Waals surface area contributed by atoms with Crippen LogP contribution in [0.15, 0.2) is 24.5 Å². The molecule has 2 aliphatic heterocycles. The Balaban J connectivity index is 1.67. The van der Waals surface area contributed by atoms with Crippen LogP contribution in [0.4, 0.5) is 0 Å². The molecule has 27 heavy (non-hydrogen) atoms. The molecule has 2 fully saturated rings. The van der Waals surface area contributed by atoms with Crippen LogP contribution in [-0.2, 0) is 25.5 Å². The molecule has 1 atom stereocenters. The Hall–Kier alpha value is -1.99. The van der Waals surface area contributed by atoms with E-state index in [-0.39, 0.29) is 30.5 Å². The van der Waals surface area contributed by atoms with Crippen molar-refractivity contribution in [1.29, 1.82) is 0 Å². The Labute approximate surface area is 160 Å². The standard InChI is InChI=1S/C20H29N3O4/c1-26-15-20(25)23(17-6-10-27-11-7-17)18-5-3-9-22(14-18)19(24)12-16-4-2-8-21-13-16/h2,4,8,13,17-18H,3,5-7,9-12,14-15H2,1H3. The number of nitrogens with zero attached hydrogens (tertiary/aromatic N) is 3. The molecule has 7 heteroatoms. The molecule has 148 valence electrons. The van der Waals surface area contributed by atoms with E-state index < -0.39 is 0 Å². The average molecular weight is 375 g/mol. The summed E-state index contributed by atoms with van der Waals surface area (Å²) in [6.07, 6.45) is 7.30. The highest BCUT2D eigenvalue weighted by Gasteiger charge is 2.35. The van der Waals surface area contributed by atoms with Crippen LogP contribution in [0.3, 0.4) is 0 Å². The molecule has 2 aliphatic rings. The van der Waals surface area contributed by atoms with Crippen LogP contribution in [0.2, 0.25) is 0 Å². The summed E-state index contributed by atoms with van der Waals surface area (Å²) in [6, 6.07) is 3.97. The number of carbonyl (C=O) groups is 2. The molecule has 0 saturated carbocycles. The van der Waals surface area contributed by atoms with E-state index in [1.54, 1.807) is 19.5 Å². The lowest BCUT2D eigenvalue weighted by Crippen LogP contribution is -2.57. The number of amides is 2. The largest absolute Gasteiger partial charge is 0.381 e. The second-order valence-corrected chi connectivity index (χ2v) is 7.25. The minimum absolute atomic E-state index is 0.0101. The first kappa shape index (κ1) is 19.8. The van der Waals surface area contributed by atoms with E-state index in [1.165, 1.54) is 0 Å². The first-order valence-corrected chi connectivity index (χ1v) is 9.73. The number of aromatic nitrogens is 1. The third kappa shape index (κ3) is 5.26. The van der Waals surface area contributed by atoms with Crippen LogP contribution in [0.5, 0.6) is 0 Å². The molecule has 1 unspecified atom stereocenters. The molecule has 0 radical (unpaired) electrons. The van der Waals surface area contributed by atoms with Crippen molar-refractivity contribution in [2.24, 2.45) is 0 Å². The van der Waals surface area contributed by atoms with E-state index >= 15 is 0 Å². The molecule has 7 nitrogen and oxygen atoms in total. The topological polar surface area (TPSA) is 72.0 Å². The zero-order valence-electron chi connectivity index (χ0n) is 16.0. The van der Waals surface area contributed by atoms with E-state index in [0.29, 0.717) is 26.2 Å². The lowest BCUT2D eigenvalue weighted by atomic mass is 9.98. The van der Waals surface area contributed by atoms with Crippen LogP contribution >= 0.6 is 0 Å². The number of hydrogen-bond donors (Lipinski definition) is 0. The normalized spacial score (nSPS) is 21.1. The smallest absolute Gasteiger partial charge is 0.249 e. The highest BCUT2D eigenvalue weighted by molar-refractivity contribution is 5.80. The molecule has 3 heterocycles. The van der Waals surface area contributed by atoms with E-state index in [9.17, 15) is 9.59 Å². The first-order chi connectivity index (χ1) is 13.2. The van der Waals surface area contributed by atoms with Gasteiger partial charge in [0.25, 0.3) is 0 Å². The van der Waals surface area contributed by atoms with E-state index in [1.807, 2.05) is 21.9 Å². The second-order valence-electron chi connectivity index (χ2n) is 7.25. The van der Waals surface area contributed by atoms with Gasteiger partial charge in [-0.1, -0.05) is 6.07 Å². The number of ether oxygens (including phenoxy) is 2. The number of piperidine rings is 1. The lowest BCUT2D eigenvalue weighted by molar-refractivity contribution is -0.147. The Kier molecular flexibility index (Phi) is 7.18. The summed E-state index contributed by atoms with van der Waals surface area (Å²) in [6.45, 7) is 2.77. The Morgan fingerprint density at radius 1 is 1.30 bits per heavy atom. The lowest BCUT2D eigenvalue weighted by Gasteiger charge is -2.44.